The number of fused-ring (bicyclic) bond motifs is 2. The molecule has 0 unspecified atom stereocenters. The highest BCUT2D eigenvalue weighted by Gasteiger charge is 2.16. The van der Waals surface area contributed by atoms with E-state index in [2.05, 4.69) is 54.3 Å². The summed E-state index contributed by atoms with van der Waals surface area (Å²) in [6, 6.07) is 17.1. The van der Waals surface area contributed by atoms with Gasteiger partial charge >= 0.3 is 0 Å². The van der Waals surface area contributed by atoms with Gasteiger partial charge in [-0.25, -0.2) is 4.39 Å². The van der Waals surface area contributed by atoms with E-state index in [1.165, 1.54) is 44.1 Å². The molecule has 8 heteroatoms. The molecule has 1 aliphatic heterocycles. The molecule has 1 fully saturated rings. The zero-order valence-corrected chi connectivity index (χ0v) is 22.2. The normalized spacial score (nSPS) is 14.2. The van der Waals surface area contributed by atoms with Crippen molar-refractivity contribution in [3.8, 4) is 39.5 Å². The Hall–Kier alpha value is -4.56. The monoisotopic (exact) mass is 532 g/mol. The van der Waals surface area contributed by atoms with Crippen LogP contribution in [0.5, 0.6) is 5.75 Å². The van der Waals surface area contributed by atoms with E-state index in [4.69, 9.17) is 4.74 Å². The molecule has 0 saturated carbocycles. The van der Waals surface area contributed by atoms with Crippen LogP contribution in [0.1, 0.15) is 24.8 Å². The van der Waals surface area contributed by atoms with Crippen LogP contribution in [0.3, 0.4) is 0 Å². The molecule has 200 valence electrons. The maximum atomic E-state index is 14.3. The summed E-state index contributed by atoms with van der Waals surface area (Å²) in [7, 11) is 1.53. The number of methoxy groups -OCH3 is 1. The number of hydrogen-bond donors (Lipinski definition) is 2. The highest BCUT2D eigenvalue weighted by molar-refractivity contribution is 6.00. The minimum atomic E-state index is -0.371. The van der Waals surface area contributed by atoms with Crippen LogP contribution < -0.4 is 4.74 Å². The summed E-state index contributed by atoms with van der Waals surface area (Å²) in [6.45, 7) is 3.24. The number of rotatable bonds is 6. The van der Waals surface area contributed by atoms with Crippen molar-refractivity contribution in [1.82, 2.24) is 30.0 Å². The quantitative estimate of drug-likeness (QED) is 0.242. The summed E-state index contributed by atoms with van der Waals surface area (Å²) in [6.07, 6.45) is 9.50. The van der Waals surface area contributed by atoms with Crippen molar-refractivity contribution >= 4 is 21.8 Å². The van der Waals surface area contributed by atoms with Gasteiger partial charge in [0, 0.05) is 58.6 Å². The first kappa shape index (κ1) is 24.5. The average Bonchev–Trinajstić information content (AvgIpc) is 3.61. The second kappa shape index (κ2) is 10.2. The first-order valence-corrected chi connectivity index (χ1v) is 13.6. The van der Waals surface area contributed by atoms with Gasteiger partial charge in [0.05, 0.1) is 24.0 Å². The molecule has 1 aliphatic rings. The van der Waals surface area contributed by atoms with E-state index in [1.807, 2.05) is 24.5 Å². The van der Waals surface area contributed by atoms with Crippen molar-refractivity contribution < 1.29 is 9.13 Å². The number of aromatic nitrogens is 5. The van der Waals surface area contributed by atoms with E-state index in [9.17, 15) is 4.39 Å². The Morgan fingerprint density at radius 1 is 0.850 bits per heavy atom. The minimum Gasteiger partial charge on any atom is -0.497 e. The number of H-pyrrole nitrogens is 2. The lowest BCUT2D eigenvalue weighted by molar-refractivity contribution is 0.220. The van der Waals surface area contributed by atoms with Gasteiger partial charge in [-0.2, -0.15) is 5.10 Å². The van der Waals surface area contributed by atoms with Gasteiger partial charge in [-0.1, -0.05) is 12.5 Å². The molecule has 6 aromatic rings. The predicted molar refractivity (Wildman–Crippen MR) is 155 cm³/mol. The van der Waals surface area contributed by atoms with E-state index in [-0.39, 0.29) is 5.82 Å². The standard InChI is InChI=1S/C32H29FN6O/c1-40-25-13-22(12-24(33)15-25)31-27-16-30(36-28(27)7-8-35-31)32-26-14-21(5-6-29(26)37-38-32)23-11-20(17-34-18-23)19-39-9-3-2-4-10-39/h5-8,11-18,36H,2-4,9-10,19H2,1H3,(H,37,38). The molecule has 7 rings (SSSR count). The Balaban J connectivity index is 1.26. The Kier molecular flexibility index (Phi) is 6.24. The van der Waals surface area contributed by atoms with Gasteiger partial charge in [0.15, 0.2) is 0 Å². The summed E-state index contributed by atoms with van der Waals surface area (Å²) in [4.78, 5) is 15.1. The summed E-state index contributed by atoms with van der Waals surface area (Å²) < 4.78 is 19.6. The third-order valence-electron chi connectivity index (χ3n) is 7.73. The Morgan fingerprint density at radius 3 is 2.60 bits per heavy atom. The molecule has 0 radical (unpaired) electrons. The summed E-state index contributed by atoms with van der Waals surface area (Å²) in [5.74, 6) is 0.0779. The number of likely N-dealkylation sites (tertiary alicyclic amines) is 1. The number of hydrogen-bond acceptors (Lipinski definition) is 5. The molecule has 0 spiro atoms. The molecule has 0 amide bonds. The zero-order valence-electron chi connectivity index (χ0n) is 22.2. The fourth-order valence-electron chi connectivity index (χ4n) is 5.74. The fourth-order valence-corrected chi connectivity index (χ4v) is 5.74. The van der Waals surface area contributed by atoms with Crippen molar-refractivity contribution in [2.75, 3.05) is 20.2 Å². The van der Waals surface area contributed by atoms with Crippen LogP contribution in [0.15, 0.2) is 73.2 Å². The summed E-state index contributed by atoms with van der Waals surface area (Å²) in [5, 5.41) is 9.71. The van der Waals surface area contributed by atoms with Gasteiger partial charge in [-0.15, -0.1) is 0 Å². The maximum Gasteiger partial charge on any atom is 0.127 e. The van der Waals surface area contributed by atoms with Crippen molar-refractivity contribution in [3.05, 3.63) is 84.6 Å². The number of ether oxygens (including phenoxy) is 1. The van der Waals surface area contributed by atoms with Gasteiger partial charge in [0.25, 0.3) is 0 Å². The van der Waals surface area contributed by atoms with Crippen molar-refractivity contribution in [2.24, 2.45) is 0 Å². The van der Waals surface area contributed by atoms with Gasteiger partial charge < -0.3 is 9.72 Å². The van der Waals surface area contributed by atoms with Crippen molar-refractivity contribution in [2.45, 2.75) is 25.8 Å². The van der Waals surface area contributed by atoms with E-state index in [0.29, 0.717) is 17.0 Å². The fraction of sp³-hybridized carbons (Fsp3) is 0.219. The maximum absolute atomic E-state index is 14.3. The molecule has 0 aliphatic carbocycles. The van der Waals surface area contributed by atoms with Gasteiger partial charge in [-0.3, -0.25) is 20.0 Å². The van der Waals surface area contributed by atoms with Crippen LogP contribution in [-0.2, 0) is 6.54 Å². The third kappa shape index (κ3) is 4.60. The predicted octanol–water partition coefficient (Wildman–Crippen LogP) is 6.97. The van der Waals surface area contributed by atoms with Crippen LogP contribution in [0.4, 0.5) is 4.39 Å². The van der Waals surface area contributed by atoms with Crippen LogP contribution in [0.2, 0.25) is 0 Å². The number of piperidine rings is 1. The highest BCUT2D eigenvalue weighted by atomic mass is 19.1. The molecule has 0 atom stereocenters. The topological polar surface area (TPSA) is 82.7 Å². The second-order valence-electron chi connectivity index (χ2n) is 10.4. The van der Waals surface area contributed by atoms with E-state index >= 15 is 0 Å². The molecule has 4 aromatic heterocycles. The molecule has 1 saturated heterocycles. The molecule has 2 N–H and O–H groups in total. The molecular formula is C32H29FN6O. The Bertz CT molecular complexity index is 1830. The third-order valence-corrected chi connectivity index (χ3v) is 7.73. The minimum absolute atomic E-state index is 0.371. The molecule has 2 aromatic carbocycles. The SMILES string of the molecule is COc1cc(F)cc(-c2nccc3[nH]c(-c4n[nH]c5ccc(-c6cncc(CN7CCCCC7)c6)cc45)cc23)c1. The van der Waals surface area contributed by atoms with E-state index in [0.717, 1.165) is 64.0 Å². The first-order chi connectivity index (χ1) is 19.6. The van der Waals surface area contributed by atoms with Crippen molar-refractivity contribution in [3.63, 3.8) is 0 Å². The molecule has 0 bridgehead atoms. The number of benzene rings is 2. The lowest BCUT2D eigenvalue weighted by Crippen LogP contribution is -2.29. The van der Waals surface area contributed by atoms with Crippen LogP contribution in [0.25, 0.3) is 55.6 Å². The number of aromatic amines is 2. The van der Waals surface area contributed by atoms with Crippen molar-refractivity contribution in [1.29, 1.82) is 0 Å². The Labute approximate surface area is 231 Å². The number of nitrogens with zero attached hydrogens (tertiary/aromatic N) is 4. The number of pyridine rings is 2. The second-order valence-corrected chi connectivity index (χ2v) is 10.4. The lowest BCUT2D eigenvalue weighted by Gasteiger charge is -2.26. The zero-order chi connectivity index (χ0) is 27.1. The lowest BCUT2D eigenvalue weighted by atomic mass is 10.0. The average molecular weight is 533 g/mol. The van der Waals surface area contributed by atoms with Crippen LogP contribution in [0, 0.1) is 5.82 Å². The summed E-state index contributed by atoms with van der Waals surface area (Å²) in [5.41, 5.74) is 8.25. The molecular weight excluding hydrogens is 503 g/mol. The van der Waals surface area contributed by atoms with Gasteiger partial charge in [0.1, 0.15) is 17.3 Å². The number of nitrogens with one attached hydrogen (secondary N) is 2. The van der Waals surface area contributed by atoms with E-state index < -0.39 is 0 Å². The van der Waals surface area contributed by atoms with Gasteiger partial charge in [-0.05, 0) is 79.5 Å². The van der Waals surface area contributed by atoms with Crippen LogP contribution in [-0.4, -0.2) is 50.2 Å². The van der Waals surface area contributed by atoms with E-state index in [1.54, 1.807) is 12.3 Å². The summed E-state index contributed by atoms with van der Waals surface area (Å²) >= 11 is 0. The largest absolute Gasteiger partial charge is 0.497 e. The van der Waals surface area contributed by atoms with Crippen LogP contribution >= 0.6 is 0 Å². The smallest absolute Gasteiger partial charge is 0.127 e. The molecule has 7 nitrogen and oxygen atoms in total. The highest BCUT2D eigenvalue weighted by Crippen LogP contribution is 2.35. The molecule has 5 heterocycles. The first-order valence-electron chi connectivity index (χ1n) is 13.6. The van der Waals surface area contributed by atoms with Gasteiger partial charge in [0.2, 0.25) is 0 Å². The molecule has 40 heavy (non-hydrogen) atoms. The number of halogens is 1. The Morgan fingerprint density at radius 2 is 1.73 bits per heavy atom.